The molecule has 0 saturated carbocycles. The van der Waals surface area contributed by atoms with Gasteiger partial charge in [0.15, 0.2) is 0 Å². The van der Waals surface area contributed by atoms with Crippen LogP contribution in [0.5, 0.6) is 0 Å². The lowest BCUT2D eigenvalue weighted by Gasteiger charge is -2.15. The maximum atomic E-state index is 13.5. The van der Waals surface area contributed by atoms with E-state index in [0.717, 1.165) is 16.7 Å². The van der Waals surface area contributed by atoms with Crippen LogP contribution in [-0.2, 0) is 11.2 Å². The van der Waals surface area contributed by atoms with Crippen molar-refractivity contribution in [1.82, 2.24) is 15.1 Å². The van der Waals surface area contributed by atoms with Crippen molar-refractivity contribution in [3.05, 3.63) is 129 Å². The molecule has 1 aromatic heterocycles. The number of carbonyl (C=O) groups excluding carboxylic acids is 1. The second-order valence-electron chi connectivity index (χ2n) is 9.06. The number of hydrogen-bond donors (Lipinski definition) is 2. The molecule has 5 aromatic rings. The van der Waals surface area contributed by atoms with Crippen LogP contribution in [0.15, 0.2) is 103 Å². The Bertz CT molecular complexity index is 1670. The van der Waals surface area contributed by atoms with Gasteiger partial charge in [0.1, 0.15) is 11.7 Å². The van der Waals surface area contributed by atoms with Crippen LogP contribution in [0.25, 0.3) is 28.1 Å². The standard InChI is InChI=1S/C31H22Cl3N3O3/c32-23-12-6-19(7-13-23)16-28(31(39)40)35-30(38)29-18-27(36-37(29)24-14-15-25(33)26(34)17-24)22-10-8-21(9-11-22)20-4-2-1-3-5-20/h1-15,17-18,28H,16H2,(H,35,38)(H,39,40). The van der Waals surface area contributed by atoms with E-state index in [4.69, 9.17) is 34.8 Å². The Balaban J connectivity index is 1.49. The molecule has 0 aliphatic rings. The average Bonchev–Trinajstić information content (AvgIpc) is 3.41. The molecule has 200 valence electrons. The number of amides is 1. The summed E-state index contributed by atoms with van der Waals surface area (Å²) >= 11 is 18.3. The van der Waals surface area contributed by atoms with Crippen LogP contribution in [0, 0.1) is 0 Å². The lowest BCUT2D eigenvalue weighted by atomic mass is 10.0. The molecule has 0 fully saturated rings. The minimum absolute atomic E-state index is 0.0763. The van der Waals surface area contributed by atoms with Crippen molar-refractivity contribution < 1.29 is 14.7 Å². The maximum absolute atomic E-state index is 13.5. The van der Waals surface area contributed by atoms with Gasteiger partial charge in [0, 0.05) is 17.0 Å². The van der Waals surface area contributed by atoms with Gasteiger partial charge in [0.25, 0.3) is 5.91 Å². The average molecular weight is 591 g/mol. The molecule has 0 bridgehead atoms. The topological polar surface area (TPSA) is 84.2 Å². The van der Waals surface area contributed by atoms with Gasteiger partial charge < -0.3 is 10.4 Å². The highest BCUT2D eigenvalue weighted by molar-refractivity contribution is 6.42. The van der Waals surface area contributed by atoms with E-state index in [1.54, 1.807) is 48.5 Å². The predicted molar refractivity (Wildman–Crippen MR) is 159 cm³/mol. The molecule has 40 heavy (non-hydrogen) atoms. The molecule has 1 atom stereocenters. The van der Waals surface area contributed by atoms with E-state index in [2.05, 4.69) is 10.4 Å². The molecule has 0 aliphatic heterocycles. The zero-order valence-corrected chi connectivity index (χ0v) is 23.2. The molecule has 0 radical (unpaired) electrons. The fourth-order valence-electron chi connectivity index (χ4n) is 4.25. The summed E-state index contributed by atoms with van der Waals surface area (Å²) in [6, 6.07) is 29.9. The quantitative estimate of drug-likeness (QED) is 0.195. The highest BCUT2D eigenvalue weighted by atomic mass is 35.5. The van der Waals surface area contributed by atoms with Crippen LogP contribution in [0.4, 0.5) is 0 Å². The molecule has 1 amide bonds. The van der Waals surface area contributed by atoms with E-state index in [9.17, 15) is 14.7 Å². The number of carbonyl (C=O) groups is 2. The third kappa shape index (κ3) is 6.20. The van der Waals surface area contributed by atoms with E-state index < -0.39 is 17.9 Å². The number of benzene rings is 4. The fourth-order valence-corrected chi connectivity index (χ4v) is 4.67. The SMILES string of the molecule is O=C(NC(Cc1ccc(Cl)cc1)C(=O)O)c1cc(-c2ccc(-c3ccccc3)cc2)nn1-c1ccc(Cl)c(Cl)c1. The van der Waals surface area contributed by atoms with Crippen molar-refractivity contribution in [3.8, 4) is 28.1 Å². The van der Waals surface area contributed by atoms with Crippen LogP contribution in [0.2, 0.25) is 15.1 Å². The summed E-state index contributed by atoms with van der Waals surface area (Å²) < 4.78 is 1.43. The number of rotatable bonds is 8. The summed E-state index contributed by atoms with van der Waals surface area (Å²) in [6.45, 7) is 0. The monoisotopic (exact) mass is 589 g/mol. The second kappa shape index (κ2) is 12.0. The Morgan fingerprint density at radius 2 is 1.43 bits per heavy atom. The number of hydrogen-bond acceptors (Lipinski definition) is 3. The minimum Gasteiger partial charge on any atom is -0.480 e. The van der Waals surface area contributed by atoms with Crippen LogP contribution < -0.4 is 5.32 Å². The number of halogens is 3. The maximum Gasteiger partial charge on any atom is 0.326 e. The largest absolute Gasteiger partial charge is 0.480 e. The first-order valence-corrected chi connectivity index (χ1v) is 13.4. The van der Waals surface area contributed by atoms with Gasteiger partial charge in [-0.2, -0.15) is 5.10 Å². The summed E-state index contributed by atoms with van der Waals surface area (Å²) in [7, 11) is 0. The number of carboxylic acid groups (broad SMARTS) is 1. The Labute approximate surface area is 245 Å². The summed E-state index contributed by atoms with van der Waals surface area (Å²) in [6.07, 6.45) is 0.0763. The van der Waals surface area contributed by atoms with Crippen LogP contribution in [0.1, 0.15) is 16.1 Å². The molecular weight excluding hydrogens is 569 g/mol. The molecule has 0 spiro atoms. The molecule has 6 nitrogen and oxygen atoms in total. The Morgan fingerprint density at radius 1 is 0.775 bits per heavy atom. The molecule has 4 aromatic carbocycles. The smallest absolute Gasteiger partial charge is 0.326 e. The van der Waals surface area contributed by atoms with E-state index in [-0.39, 0.29) is 12.1 Å². The van der Waals surface area contributed by atoms with Gasteiger partial charge in [-0.15, -0.1) is 0 Å². The van der Waals surface area contributed by atoms with Gasteiger partial charge in [0.05, 0.1) is 21.4 Å². The zero-order valence-electron chi connectivity index (χ0n) is 20.9. The number of aromatic nitrogens is 2. The van der Waals surface area contributed by atoms with E-state index >= 15 is 0 Å². The molecule has 1 heterocycles. The van der Waals surface area contributed by atoms with E-state index in [1.165, 1.54) is 4.68 Å². The van der Waals surface area contributed by atoms with Crippen LogP contribution in [0.3, 0.4) is 0 Å². The van der Waals surface area contributed by atoms with Crippen molar-refractivity contribution in [3.63, 3.8) is 0 Å². The van der Waals surface area contributed by atoms with Gasteiger partial charge in [-0.3, -0.25) is 4.79 Å². The Morgan fingerprint density at radius 3 is 2.08 bits per heavy atom. The van der Waals surface area contributed by atoms with Crippen LogP contribution in [-0.4, -0.2) is 32.8 Å². The fraction of sp³-hybridized carbons (Fsp3) is 0.0645. The third-order valence-corrected chi connectivity index (χ3v) is 7.33. The molecular formula is C31H22Cl3N3O3. The first-order chi connectivity index (χ1) is 19.3. The normalized spacial score (nSPS) is 11.7. The summed E-state index contributed by atoms with van der Waals surface area (Å²) in [5.74, 6) is -1.77. The molecule has 1 unspecified atom stereocenters. The van der Waals surface area contributed by atoms with E-state index in [1.807, 2.05) is 54.6 Å². The third-order valence-electron chi connectivity index (χ3n) is 6.33. The molecule has 2 N–H and O–H groups in total. The van der Waals surface area contributed by atoms with Crippen molar-refractivity contribution in [2.75, 3.05) is 0 Å². The molecule has 0 saturated heterocycles. The number of carboxylic acids is 1. The van der Waals surface area contributed by atoms with Gasteiger partial charge in [-0.05, 0) is 53.1 Å². The van der Waals surface area contributed by atoms with Gasteiger partial charge in [0.2, 0.25) is 0 Å². The zero-order chi connectivity index (χ0) is 28.2. The number of nitrogens with one attached hydrogen (secondary N) is 1. The van der Waals surface area contributed by atoms with Crippen molar-refractivity contribution in [2.24, 2.45) is 0 Å². The first kappa shape index (κ1) is 27.5. The predicted octanol–water partition coefficient (Wildman–Crippen LogP) is 7.59. The van der Waals surface area contributed by atoms with Gasteiger partial charge >= 0.3 is 5.97 Å². The lowest BCUT2D eigenvalue weighted by molar-refractivity contribution is -0.139. The van der Waals surface area contributed by atoms with Crippen LogP contribution >= 0.6 is 34.8 Å². The summed E-state index contributed by atoms with van der Waals surface area (Å²) in [4.78, 5) is 25.6. The summed E-state index contributed by atoms with van der Waals surface area (Å²) in [5.41, 5.74) is 4.78. The highest BCUT2D eigenvalue weighted by Crippen LogP contribution is 2.29. The first-order valence-electron chi connectivity index (χ1n) is 12.3. The Kier molecular flexibility index (Phi) is 8.21. The van der Waals surface area contributed by atoms with Crippen molar-refractivity contribution in [1.29, 1.82) is 0 Å². The van der Waals surface area contributed by atoms with Crippen molar-refractivity contribution >= 4 is 46.7 Å². The second-order valence-corrected chi connectivity index (χ2v) is 10.3. The molecule has 0 aliphatic carbocycles. The molecule has 9 heteroatoms. The highest BCUT2D eigenvalue weighted by Gasteiger charge is 2.25. The lowest BCUT2D eigenvalue weighted by Crippen LogP contribution is -2.43. The molecule has 5 rings (SSSR count). The number of nitrogens with zero attached hydrogens (tertiary/aromatic N) is 2. The van der Waals surface area contributed by atoms with E-state index in [0.29, 0.717) is 32.0 Å². The van der Waals surface area contributed by atoms with Gasteiger partial charge in [-0.25, -0.2) is 9.48 Å². The minimum atomic E-state index is -1.18. The number of aliphatic carboxylic acids is 1. The van der Waals surface area contributed by atoms with Gasteiger partial charge in [-0.1, -0.05) is 102 Å². The Hall–Kier alpha value is -4.10. The summed E-state index contributed by atoms with van der Waals surface area (Å²) in [5, 5.41) is 18.3. The van der Waals surface area contributed by atoms with Crippen molar-refractivity contribution in [2.45, 2.75) is 12.5 Å².